The lowest BCUT2D eigenvalue weighted by atomic mass is 10.0. The summed E-state index contributed by atoms with van der Waals surface area (Å²) >= 11 is 0. The van der Waals surface area contributed by atoms with Gasteiger partial charge in [-0.05, 0) is 18.1 Å². The fourth-order valence-electron chi connectivity index (χ4n) is 1.67. The quantitative estimate of drug-likeness (QED) is 0.728. The third-order valence-corrected chi connectivity index (χ3v) is 2.39. The van der Waals surface area contributed by atoms with Crippen LogP contribution in [0, 0.1) is 6.92 Å². The maximum atomic E-state index is 5.64. The van der Waals surface area contributed by atoms with Crippen LogP contribution in [0.15, 0.2) is 29.3 Å². The van der Waals surface area contributed by atoms with Crippen molar-refractivity contribution in [1.82, 2.24) is 0 Å². The van der Waals surface area contributed by atoms with Crippen LogP contribution in [0.2, 0.25) is 0 Å². The highest BCUT2D eigenvalue weighted by Crippen LogP contribution is 2.23. The summed E-state index contributed by atoms with van der Waals surface area (Å²) in [6, 6.07) is 8.27. The number of rotatable bonds is 1. The SMILES string of the molecule is Cc1ccccc1[C@@H]1COCC(N)=N1. The molecular formula is C11H14N2O. The van der Waals surface area contributed by atoms with Crippen LogP contribution in [0.4, 0.5) is 0 Å². The average Bonchev–Trinajstić information content (AvgIpc) is 2.18. The normalized spacial score (nSPS) is 21.8. The summed E-state index contributed by atoms with van der Waals surface area (Å²) in [6.45, 7) is 3.17. The van der Waals surface area contributed by atoms with Crippen LogP contribution >= 0.6 is 0 Å². The van der Waals surface area contributed by atoms with E-state index in [1.54, 1.807) is 0 Å². The summed E-state index contributed by atoms with van der Waals surface area (Å²) in [5.41, 5.74) is 8.08. The molecule has 0 aliphatic carbocycles. The molecule has 2 rings (SSSR count). The zero-order chi connectivity index (χ0) is 9.97. The van der Waals surface area contributed by atoms with Crippen LogP contribution < -0.4 is 5.73 Å². The minimum atomic E-state index is 0.0740. The summed E-state index contributed by atoms with van der Waals surface area (Å²) in [7, 11) is 0. The highest BCUT2D eigenvalue weighted by molar-refractivity contribution is 5.82. The van der Waals surface area contributed by atoms with Crippen molar-refractivity contribution >= 4 is 5.84 Å². The molecule has 0 bridgehead atoms. The van der Waals surface area contributed by atoms with Gasteiger partial charge in [0.15, 0.2) is 0 Å². The van der Waals surface area contributed by atoms with E-state index in [4.69, 9.17) is 10.5 Å². The first kappa shape index (κ1) is 9.21. The lowest BCUT2D eigenvalue weighted by Gasteiger charge is -2.20. The predicted molar refractivity (Wildman–Crippen MR) is 56.4 cm³/mol. The summed E-state index contributed by atoms with van der Waals surface area (Å²) in [5, 5.41) is 0. The molecule has 0 unspecified atom stereocenters. The molecular weight excluding hydrogens is 176 g/mol. The summed E-state index contributed by atoms with van der Waals surface area (Å²) < 4.78 is 5.35. The summed E-state index contributed by atoms with van der Waals surface area (Å²) in [6.07, 6.45) is 0. The fraction of sp³-hybridized carbons (Fsp3) is 0.364. The van der Waals surface area contributed by atoms with Gasteiger partial charge in [-0.3, -0.25) is 4.99 Å². The number of amidine groups is 1. The molecule has 1 aliphatic heterocycles. The van der Waals surface area contributed by atoms with Gasteiger partial charge in [0.25, 0.3) is 0 Å². The molecule has 0 spiro atoms. The van der Waals surface area contributed by atoms with Gasteiger partial charge in [-0.15, -0.1) is 0 Å². The van der Waals surface area contributed by atoms with Crippen LogP contribution in [-0.2, 0) is 4.74 Å². The number of aliphatic imine (C=N–C) groups is 1. The molecule has 3 nitrogen and oxygen atoms in total. The molecule has 1 aromatic carbocycles. The highest BCUT2D eigenvalue weighted by atomic mass is 16.5. The number of hydrogen-bond acceptors (Lipinski definition) is 3. The van der Waals surface area contributed by atoms with Gasteiger partial charge in [0.05, 0.1) is 6.61 Å². The topological polar surface area (TPSA) is 47.6 Å². The molecule has 0 saturated heterocycles. The fourth-order valence-corrected chi connectivity index (χ4v) is 1.67. The molecule has 74 valence electrons. The van der Waals surface area contributed by atoms with Gasteiger partial charge in [0, 0.05) is 0 Å². The Morgan fingerprint density at radius 1 is 1.43 bits per heavy atom. The second kappa shape index (κ2) is 3.80. The van der Waals surface area contributed by atoms with Gasteiger partial charge in [-0.2, -0.15) is 0 Å². The first-order valence-electron chi connectivity index (χ1n) is 4.73. The molecule has 0 radical (unpaired) electrons. The Balaban J connectivity index is 2.31. The van der Waals surface area contributed by atoms with Crippen LogP contribution in [0.1, 0.15) is 17.2 Å². The third kappa shape index (κ3) is 1.77. The van der Waals surface area contributed by atoms with E-state index in [1.807, 2.05) is 12.1 Å². The van der Waals surface area contributed by atoms with Crippen molar-refractivity contribution in [2.45, 2.75) is 13.0 Å². The average molecular weight is 190 g/mol. The van der Waals surface area contributed by atoms with Gasteiger partial charge in [-0.1, -0.05) is 24.3 Å². The van der Waals surface area contributed by atoms with E-state index < -0.39 is 0 Å². The number of nitrogens with zero attached hydrogens (tertiary/aromatic N) is 1. The van der Waals surface area contributed by atoms with Crippen LogP contribution in [0.3, 0.4) is 0 Å². The maximum absolute atomic E-state index is 5.64. The van der Waals surface area contributed by atoms with Crippen LogP contribution in [0.25, 0.3) is 0 Å². The number of hydrogen-bond donors (Lipinski definition) is 1. The van der Waals surface area contributed by atoms with E-state index in [9.17, 15) is 0 Å². The Bertz CT molecular complexity index is 360. The molecule has 1 aliphatic rings. The van der Waals surface area contributed by atoms with Crippen molar-refractivity contribution < 1.29 is 4.74 Å². The van der Waals surface area contributed by atoms with Crippen molar-refractivity contribution in [1.29, 1.82) is 0 Å². The molecule has 0 fully saturated rings. The van der Waals surface area contributed by atoms with E-state index in [0.717, 1.165) is 0 Å². The van der Waals surface area contributed by atoms with E-state index in [-0.39, 0.29) is 6.04 Å². The molecule has 2 N–H and O–H groups in total. The summed E-state index contributed by atoms with van der Waals surface area (Å²) in [4.78, 5) is 4.38. The Hall–Kier alpha value is -1.35. The minimum absolute atomic E-state index is 0.0740. The number of aryl methyl sites for hydroxylation is 1. The largest absolute Gasteiger partial charge is 0.386 e. The molecule has 1 atom stereocenters. The molecule has 0 saturated carbocycles. The zero-order valence-electron chi connectivity index (χ0n) is 8.23. The van der Waals surface area contributed by atoms with Gasteiger partial charge in [0.2, 0.25) is 0 Å². The Labute approximate surface area is 83.6 Å². The Morgan fingerprint density at radius 3 is 2.93 bits per heavy atom. The van der Waals surface area contributed by atoms with Gasteiger partial charge < -0.3 is 10.5 Å². The second-order valence-electron chi connectivity index (χ2n) is 3.51. The van der Waals surface area contributed by atoms with Gasteiger partial charge >= 0.3 is 0 Å². The van der Waals surface area contributed by atoms with E-state index in [2.05, 4.69) is 24.0 Å². The second-order valence-corrected chi connectivity index (χ2v) is 3.51. The predicted octanol–water partition coefficient (Wildman–Crippen LogP) is 1.42. The first-order chi connectivity index (χ1) is 6.77. The molecule has 0 amide bonds. The standard InChI is InChI=1S/C11H14N2O/c1-8-4-2-3-5-9(8)10-6-14-7-11(12)13-10/h2-5,10H,6-7H2,1H3,(H2,12,13)/t10-/m0/s1. The van der Waals surface area contributed by atoms with E-state index in [1.165, 1.54) is 11.1 Å². The minimum Gasteiger partial charge on any atom is -0.386 e. The zero-order valence-corrected chi connectivity index (χ0v) is 8.23. The van der Waals surface area contributed by atoms with Crippen molar-refractivity contribution in [3.8, 4) is 0 Å². The Morgan fingerprint density at radius 2 is 2.21 bits per heavy atom. The number of nitrogens with two attached hydrogens (primary N) is 1. The first-order valence-corrected chi connectivity index (χ1v) is 4.73. The number of ether oxygens (including phenoxy) is 1. The highest BCUT2D eigenvalue weighted by Gasteiger charge is 2.16. The molecule has 0 aromatic heterocycles. The summed E-state index contributed by atoms with van der Waals surface area (Å²) in [5.74, 6) is 0.588. The third-order valence-electron chi connectivity index (χ3n) is 2.39. The molecule has 14 heavy (non-hydrogen) atoms. The van der Waals surface area contributed by atoms with Crippen LogP contribution in [0.5, 0.6) is 0 Å². The van der Waals surface area contributed by atoms with Crippen molar-refractivity contribution in [3.05, 3.63) is 35.4 Å². The van der Waals surface area contributed by atoms with E-state index >= 15 is 0 Å². The smallest absolute Gasteiger partial charge is 0.121 e. The molecule has 1 aromatic rings. The number of benzene rings is 1. The van der Waals surface area contributed by atoms with Crippen molar-refractivity contribution in [2.75, 3.05) is 13.2 Å². The lowest BCUT2D eigenvalue weighted by Crippen LogP contribution is -2.27. The molecule has 3 heteroatoms. The van der Waals surface area contributed by atoms with Gasteiger partial charge in [0.1, 0.15) is 18.5 Å². The maximum Gasteiger partial charge on any atom is 0.121 e. The molecule has 1 heterocycles. The van der Waals surface area contributed by atoms with Crippen LogP contribution in [-0.4, -0.2) is 19.0 Å². The Kier molecular flexibility index (Phi) is 2.50. The van der Waals surface area contributed by atoms with Crippen molar-refractivity contribution in [3.63, 3.8) is 0 Å². The van der Waals surface area contributed by atoms with Gasteiger partial charge in [-0.25, -0.2) is 0 Å². The van der Waals surface area contributed by atoms with Crippen molar-refractivity contribution in [2.24, 2.45) is 10.7 Å². The lowest BCUT2D eigenvalue weighted by molar-refractivity contribution is 0.143. The van der Waals surface area contributed by atoms with E-state index in [0.29, 0.717) is 19.0 Å². The monoisotopic (exact) mass is 190 g/mol.